The number of nitrogens with zero attached hydrogens (tertiary/aromatic N) is 3. The molecule has 4 nitrogen and oxygen atoms in total. The predicted molar refractivity (Wildman–Crippen MR) is 84.5 cm³/mol. The van der Waals surface area contributed by atoms with Gasteiger partial charge in [0.15, 0.2) is 5.65 Å². The van der Waals surface area contributed by atoms with Crippen molar-refractivity contribution < 1.29 is 0 Å². The third-order valence-corrected chi connectivity index (χ3v) is 5.12. The largest absolute Gasteiger partial charge is 0.317 e. The highest BCUT2D eigenvalue weighted by atomic mass is 15.2. The number of aromatic nitrogens is 3. The van der Waals surface area contributed by atoms with Gasteiger partial charge in [0.05, 0.1) is 0 Å². The molecule has 0 aromatic carbocycles. The summed E-state index contributed by atoms with van der Waals surface area (Å²) in [5, 5.41) is 3.47. The Labute approximate surface area is 126 Å². The molecule has 2 aliphatic rings. The van der Waals surface area contributed by atoms with E-state index in [-0.39, 0.29) is 0 Å². The number of hydrogen-bond donors (Lipinski definition) is 1. The normalized spacial score (nSPS) is 21.9. The van der Waals surface area contributed by atoms with Crippen LogP contribution in [0.15, 0.2) is 18.3 Å². The molecule has 112 valence electrons. The van der Waals surface area contributed by atoms with E-state index in [0.29, 0.717) is 12.0 Å². The van der Waals surface area contributed by atoms with Crippen LogP contribution in [0.25, 0.3) is 11.2 Å². The van der Waals surface area contributed by atoms with Gasteiger partial charge in [-0.2, -0.15) is 0 Å². The predicted octanol–water partition coefficient (Wildman–Crippen LogP) is 3.40. The van der Waals surface area contributed by atoms with Gasteiger partial charge in [-0.25, -0.2) is 9.97 Å². The first kappa shape index (κ1) is 13.3. The minimum atomic E-state index is 0.572. The zero-order valence-electron chi connectivity index (χ0n) is 12.6. The summed E-state index contributed by atoms with van der Waals surface area (Å²) in [6, 6.07) is 4.70. The van der Waals surface area contributed by atoms with Gasteiger partial charge < -0.3 is 9.88 Å². The van der Waals surface area contributed by atoms with Gasteiger partial charge in [-0.3, -0.25) is 0 Å². The Morgan fingerprint density at radius 2 is 1.86 bits per heavy atom. The molecule has 4 heteroatoms. The summed E-state index contributed by atoms with van der Waals surface area (Å²) in [5.74, 6) is 1.96. The van der Waals surface area contributed by atoms with Crippen molar-refractivity contribution >= 4 is 11.2 Å². The minimum absolute atomic E-state index is 0.572. The molecule has 0 radical (unpaired) electrons. The van der Waals surface area contributed by atoms with E-state index in [4.69, 9.17) is 4.98 Å². The summed E-state index contributed by atoms with van der Waals surface area (Å²) in [4.78, 5) is 9.64. The fraction of sp³-hybridized carbons (Fsp3) is 0.647. The minimum Gasteiger partial charge on any atom is -0.317 e. The van der Waals surface area contributed by atoms with Crippen LogP contribution in [0.2, 0.25) is 0 Å². The second-order valence-corrected chi connectivity index (χ2v) is 6.50. The molecule has 2 fully saturated rings. The smallest absolute Gasteiger partial charge is 0.160 e. The van der Waals surface area contributed by atoms with Gasteiger partial charge in [0.1, 0.15) is 11.3 Å². The lowest BCUT2D eigenvalue weighted by molar-refractivity contribution is 0.343. The lowest BCUT2D eigenvalue weighted by Crippen LogP contribution is -2.30. The van der Waals surface area contributed by atoms with Gasteiger partial charge in [-0.15, -0.1) is 0 Å². The number of rotatable bonds is 2. The number of imidazole rings is 1. The van der Waals surface area contributed by atoms with Crippen LogP contribution in [0.3, 0.4) is 0 Å². The fourth-order valence-electron chi connectivity index (χ4n) is 4.02. The Hall–Kier alpha value is -1.42. The second kappa shape index (κ2) is 5.76. The van der Waals surface area contributed by atoms with Gasteiger partial charge >= 0.3 is 0 Å². The Bertz CT molecular complexity index is 606. The highest BCUT2D eigenvalue weighted by molar-refractivity contribution is 5.71. The molecule has 4 rings (SSSR count). The van der Waals surface area contributed by atoms with E-state index in [9.17, 15) is 0 Å². The molecule has 1 aliphatic carbocycles. The van der Waals surface area contributed by atoms with Crippen molar-refractivity contribution in [2.45, 2.75) is 56.9 Å². The maximum absolute atomic E-state index is 4.99. The van der Waals surface area contributed by atoms with E-state index >= 15 is 0 Å². The van der Waals surface area contributed by atoms with Crippen molar-refractivity contribution in [2.24, 2.45) is 0 Å². The van der Waals surface area contributed by atoms with Crippen molar-refractivity contribution in [3.8, 4) is 0 Å². The molecule has 0 spiro atoms. The van der Waals surface area contributed by atoms with Crippen LogP contribution in [-0.4, -0.2) is 27.6 Å². The molecule has 1 saturated carbocycles. The van der Waals surface area contributed by atoms with Crippen LogP contribution in [0, 0.1) is 0 Å². The maximum atomic E-state index is 4.99. The molecular formula is C17H24N4. The van der Waals surface area contributed by atoms with E-state index in [2.05, 4.69) is 20.9 Å². The summed E-state index contributed by atoms with van der Waals surface area (Å²) >= 11 is 0. The average Bonchev–Trinajstić information content (AvgIpc) is 2.96. The van der Waals surface area contributed by atoms with Gasteiger partial charge in [-0.05, 0) is 50.9 Å². The fourth-order valence-corrected chi connectivity index (χ4v) is 4.02. The van der Waals surface area contributed by atoms with E-state index in [1.54, 1.807) is 0 Å². The highest BCUT2D eigenvalue weighted by Crippen LogP contribution is 2.36. The Balaban J connectivity index is 1.79. The molecule has 21 heavy (non-hydrogen) atoms. The summed E-state index contributed by atoms with van der Waals surface area (Å²) in [7, 11) is 0. The molecule has 1 saturated heterocycles. The zero-order valence-corrected chi connectivity index (χ0v) is 12.6. The van der Waals surface area contributed by atoms with Crippen molar-refractivity contribution in [1.29, 1.82) is 0 Å². The molecule has 1 N–H and O–H groups in total. The third kappa shape index (κ3) is 2.46. The maximum Gasteiger partial charge on any atom is 0.160 e. The average molecular weight is 284 g/mol. The molecule has 1 aliphatic heterocycles. The van der Waals surface area contributed by atoms with Gasteiger partial charge in [-0.1, -0.05) is 19.3 Å². The first-order chi connectivity index (χ1) is 10.4. The Morgan fingerprint density at radius 1 is 1.05 bits per heavy atom. The highest BCUT2D eigenvalue weighted by Gasteiger charge is 2.27. The quantitative estimate of drug-likeness (QED) is 0.919. The van der Waals surface area contributed by atoms with Crippen molar-refractivity contribution in [3.63, 3.8) is 0 Å². The number of fused-ring (bicyclic) bond motifs is 1. The SMILES string of the molecule is c1cnc2c(c1)nc(C1CCCCC1)n2C1CCNCC1. The standard InChI is InChI=1S/C17H24N4/c1-2-5-13(6-3-1)16-20-15-7-4-10-19-17(15)21(16)14-8-11-18-12-9-14/h4,7,10,13-14,18H,1-3,5-6,8-9,11-12H2. The summed E-state index contributed by atoms with van der Waals surface area (Å²) in [5.41, 5.74) is 2.18. The van der Waals surface area contributed by atoms with Crippen LogP contribution < -0.4 is 5.32 Å². The van der Waals surface area contributed by atoms with Gasteiger partial charge in [0.25, 0.3) is 0 Å². The first-order valence-electron chi connectivity index (χ1n) is 8.47. The van der Waals surface area contributed by atoms with Crippen LogP contribution >= 0.6 is 0 Å². The zero-order chi connectivity index (χ0) is 14.1. The van der Waals surface area contributed by atoms with Crippen molar-refractivity contribution in [1.82, 2.24) is 19.9 Å². The number of hydrogen-bond acceptors (Lipinski definition) is 3. The number of nitrogens with one attached hydrogen (secondary N) is 1. The second-order valence-electron chi connectivity index (χ2n) is 6.50. The first-order valence-corrected chi connectivity index (χ1v) is 8.47. The summed E-state index contributed by atoms with van der Waals surface area (Å²) in [6.45, 7) is 2.22. The van der Waals surface area contributed by atoms with E-state index in [1.165, 1.54) is 50.8 Å². The number of piperidine rings is 1. The molecule has 3 heterocycles. The third-order valence-electron chi connectivity index (χ3n) is 5.12. The van der Waals surface area contributed by atoms with Gasteiger partial charge in [0.2, 0.25) is 0 Å². The number of pyridine rings is 1. The lowest BCUT2D eigenvalue weighted by atomic mass is 9.88. The molecule has 0 bridgehead atoms. The molecule has 0 amide bonds. The van der Waals surface area contributed by atoms with Crippen molar-refractivity contribution in [3.05, 3.63) is 24.2 Å². The van der Waals surface area contributed by atoms with Crippen LogP contribution in [-0.2, 0) is 0 Å². The Morgan fingerprint density at radius 3 is 2.67 bits per heavy atom. The lowest BCUT2D eigenvalue weighted by Gasteiger charge is -2.29. The Kier molecular flexibility index (Phi) is 3.63. The molecule has 0 unspecified atom stereocenters. The molecular weight excluding hydrogens is 260 g/mol. The van der Waals surface area contributed by atoms with E-state index < -0.39 is 0 Å². The van der Waals surface area contributed by atoms with E-state index in [0.717, 1.165) is 24.3 Å². The van der Waals surface area contributed by atoms with Crippen LogP contribution in [0.1, 0.15) is 62.7 Å². The van der Waals surface area contributed by atoms with Crippen LogP contribution in [0.5, 0.6) is 0 Å². The molecule has 0 atom stereocenters. The van der Waals surface area contributed by atoms with Crippen molar-refractivity contribution in [2.75, 3.05) is 13.1 Å². The monoisotopic (exact) mass is 284 g/mol. The molecule has 2 aromatic heterocycles. The summed E-state index contributed by atoms with van der Waals surface area (Å²) < 4.78 is 2.49. The van der Waals surface area contributed by atoms with E-state index in [1.807, 2.05) is 12.3 Å². The molecule has 2 aromatic rings. The van der Waals surface area contributed by atoms with Crippen LogP contribution in [0.4, 0.5) is 0 Å². The summed E-state index contributed by atoms with van der Waals surface area (Å²) in [6.07, 6.45) is 11.0. The topological polar surface area (TPSA) is 42.7 Å². The van der Waals surface area contributed by atoms with Gasteiger partial charge in [0, 0.05) is 18.2 Å².